The molecule has 0 amide bonds. The van der Waals surface area contributed by atoms with Crippen LogP contribution in [-0.2, 0) is 6.54 Å². The SMILES string of the molecule is CNc1cccc(CN2CCC3(CCCC3)CC2)n1. The topological polar surface area (TPSA) is 28.2 Å². The van der Waals surface area contributed by atoms with Gasteiger partial charge in [-0.1, -0.05) is 18.9 Å². The molecule has 2 aliphatic rings. The van der Waals surface area contributed by atoms with Gasteiger partial charge in [0.2, 0.25) is 0 Å². The van der Waals surface area contributed by atoms with E-state index in [1.807, 2.05) is 13.1 Å². The maximum atomic E-state index is 4.62. The van der Waals surface area contributed by atoms with Crippen molar-refractivity contribution in [2.24, 2.45) is 5.41 Å². The monoisotopic (exact) mass is 259 g/mol. The summed E-state index contributed by atoms with van der Waals surface area (Å²) in [5.41, 5.74) is 1.91. The molecule has 1 saturated heterocycles. The van der Waals surface area contributed by atoms with E-state index in [4.69, 9.17) is 0 Å². The minimum Gasteiger partial charge on any atom is -0.373 e. The van der Waals surface area contributed by atoms with Crippen molar-refractivity contribution in [2.45, 2.75) is 45.1 Å². The zero-order valence-electron chi connectivity index (χ0n) is 12.0. The Morgan fingerprint density at radius 1 is 1.16 bits per heavy atom. The molecule has 2 heterocycles. The highest BCUT2D eigenvalue weighted by atomic mass is 15.1. The Kier molecular flexibility index (Phi) is 3.74. The number of piperidine rings is 1. The van der Waals surface area contributed by atoms with Crippen LogP contribution in [0.5, 0.6) is 0 Å². The number of rotatable bonds is 3. The van der Waals surface area contributed by atoms with Gasteiger partial charge in [0.15, 0.2) is 0 Å². The van der Waals surface area contributed by atoms with Crippen molar-refractivity contribution < 1.29 is 0 Å². The molecule has 1 aromatic heterocycles. The summed E-state index contributed by atoms with van der Waals surface area (Å²) < 4.78 is 0. The van der Waals surface area contributed by atoms with Crippen molar-refractivity contribution in [3.63, 3.8) is 0 Å². The lowest BCUT2D eigenvalue weighted by molar-refractivity contribution is 0.103. The quantitative estimate of drug-likeness (QED) is 0.903. The first-order valence-corrected chi connectivity index (χ1v) is 7.66. The van der Waals surface area contributed by atoms with E-state index in [9.17, 15) is 0 Å². The van der Waals surface area contributed by atoms with Gasteiger partial charge in [-0.2, -0.15) is 0 Å². The van der Waals surface area contributed by atoms with Crippen LogP contribution in [-0.4, -0.2) is 30.0 Å². The van der Waals surface area contributed by atoms with Crippen LogP contribution in [0.2, 0.25) is 0 Å². The van der Waals surface area contributed by atoms with Crippen molar-refractivity contribution in [1.29, 1.82) is 0 Å². The van der Waals surface area contributed by atoms with Gasteiger partial charge in [0.05, 0.1) is 5.69 Å². The second-order valence-electron chi connectivity index (χ2n) is 6.25. The molecule has 0 aromatic carbocycles. The third-order valence-electron chi connectivity index (χ3n) is 5.03. The molecule has 1 N–H and O–H groups in total. The first-order chi connectivity index (χ1) is 9.30. The van der Waals surface area contributed by atoms with Gasteiger partial charge in [-0.3, -0.25) is 4.90 Å². The van der Waals surface area contributed by atoms with Gasteiger partial charge >= 0.3 is 0 Å². The maximum Gasteiger partial charge on any atom is 0.126 e. The minimum absolute atomic E-state index is 0.719. The molecule has 0 atom stereocenters. The van der Waals surface area contributed by atoms with Gasteiger partial charge < -0.3 is 5.32 Å². The maximum absolute atomic E-state index is 4.62. The first kappa shape index (κ1) is 12.9. The summed E-state index contributed by atoms with van der Waals surface area (Å²) in [6.07, 6.45) is 8.69. The molecule has 3 nitrogen and oxygen atoms in total. The van der Waals surface area contributed by atoms with Crippen molar-refractivity contribution in [3.05, 3.63) is 23.9 Å². The first-order valence-electron chi connectivity index (χ1n) is 7.66. The van der Waals surface area contributed by atoms with E-state index < -0.39 is 0 Å². The van der Waals surface area contributed by atoms with E-state index in [1.165, 1.54) is 57.3 Å². The van der Waals surface area contributed by atoms with Gasteiger partial charge in [0.25, 0.3) is 0 Å². The van der Waals surface area contributed by atoms with Crippen LogP contribution in [0.3, 0.4) is 0 Å². The highest BCUT2D eigenvalue weighted by Crippen LogP contribution is 2.46. The number of hydrogen-bond donors (Lipinski definition) is 1. The van der Waals surface area contributed by atoms with Crippen molar-refractivity contribution >= 4 is 5.82 Å². The number of hydrogen-bond acceptors (Lipinski definition) is 3. The summed E-state index contributed by atoms with van der Waals surface area (Å²) in [5.74, 6) is 0.974. The molecule has 3 heteroatoms. The molecule has 1 aromatic rings. The minimum atomic E-state index is 0.719. The number of anilines is 1. The number of aromatic nitrogens is 1. The molecule has 1 aliphatic carbocycles. The summed E-state index contributed by atoms with van der Waals surface area (Å²) in [6.45, 7) is 3.52. The molecule has 0 radical (unpaired) electrons. The molecular weight excluding hydrogens is 234 g/mol. The summed E-state index contributed by atoms with van der Waals surface area (Å²) in [4.78, 5) is 7.20. The highest BCUT2D eigenvalue weighted by molar-refractivity contribution is 5.34. The smallest absolute Gasteiger partial charge is 0.126 e. The third-order valence-corrected chi connectivity index (χ3v) is 5.03. The van der Waals surface area contributed by atoms with Crippen LogP contribution in [0.1, 0.15) is 44.2 Å². The standard InChI is InChI=1S/C16H25N3/c1-17-15-6-4-5-14(18-15)13-19-11-9-16(10-12-19)7-2-3-8-16/h4-6H,2-3,7-13H2,1H3,(H,17,18). The number of likely N-dealkylation sites (tertiary alicyclic amines) is 1. The van der Waals surface area contributed by atoms with E-state index in [0.717, 1.165) is 17.8 Å². The van der Waals surface area contributed by atoms with Crippen LogP contribution < -0.4 is 5.32 Å². The average molecular weight is 259 g/mol. The molecule has 3 rings (SSSR count). The van der Waals surface area contributed by atoms with Gasteiger partial charge in [0.1, 0.15) is 5.82 Å². The Hall–Kier alpha value is -1.09. The summed E-state index contributed by atoms with van der Waals surface area (Å²) >= 11 is 0. The molecule has 0 bridgehead atoms. The predicted molar refractivity (Wildman–Crippen MR) is 79.2 cm³/mol. The molecule has 1 aliphatic heterocycles. The zero-order valence-corrected chi connectivity index (χ0v) is 12.0. The number of nitrogens with zero attached hydrogens (tertiary/aromatic N) is 2. The number of pyridine rings is 1. The fourth-order valence-electron chi connectivity index (χ4n) is 3.75. The van der Waals surface area contributed by atoms with E-state index >= 15 is 0 Å². The van der Waals surface area contributed by atoms with E-state index in [1.54, 1.807) is 0 Å². The lowest BCUT2D eigenvalue weighted by Gasteiger charge is -2.39. The fraction of sp³-hybridized carbons (Fsp3) is 0.688. The Morgan fingerprint density at radius 3 is 2.58 bits per heavy atom. The lowest BCUT2D eigenvalue weighted by atomic mass is 9.77. The summed E-state index contributed by atoms with van der Waals surface area (Å²) in [6, 6.07) is 6.25. The fourth-order valence-corrected chi connectivity index (χ4v) is 3.75. The Bertz CT molecular complexity index is 414. The van der Waals surface area contributed by atoms with Crippen LogP contribution in [0.15, 0.2) is 18.2 Å². The lowest BCUT2D eigenvalue weighted by Crippen LogP contribution is -2.38. The van der Waals surface area contributed by atoms with Gasteiger partial charge in [-0.15, -0.1) is 0 Å². The normalized spacial score (nSPS) is 22.8. The molecule has 1 spiro atoms. The van der Waals surface area contributed by atoms with E-state index in [0.29, 0.717) is 0 Å². The van der Waals surface area contributed by atoms with Gasteiger partial charge in [0, 0.05) is 13.6 Å². The van der Waals surface area contributed by atoms with Crippen molar-refractivity contribution in [3.8, 4) is 0 Å². The average Bonchev–Trinajstić information content (AvgIpc) is 2.90. The second kappa shape index (κ2) is 5.49. The molecule has 104 valence electrons. The molecule has 0 unspecified atom stereocenters. The number of nitrogens with one attached hydrogen (secondary N) is 1. The van der Waals surface area contributed by atoms with Gasteiger partial charge in [-0.05, 0) is 56.3 Å². The molecular formula is C16H25N3. The Morgan fingerprint density at radius 2 is 1.89 bits per heavy atom. The van der Waals surface area contributed by atoms with Crippen LogP contribution in [0.4, 0.5) is 5.82 Å². The molecule has 1 saturated carbocycles. The van der Waals surface area contributed by atoms with Crippen molar-refractivity contribution in [2.75, 3.05) is 25.5 Å². The summed E-state index contributed by atoms with van der Waals surface area (Å²) in [5, 5.41) is 3.11. The molecule has 19 heavy (non-hydrogen) atoms. The largest absolute Gasteiger partial charge is 0.373 e. The Labute approximate surface area is 116 Å². The summed E-state index contributed by atoms with van der Waals surface area (Å²) in [7, 11) is 1.93. The Balaban J connectivity index is 1.56. The van der Waals surface area contributed by atoms with E-state index in [2.05, 4.69) is 27.3 Å². The highest BCUT2D eigenvalue weighted by Gasteiger charge is 2.36. The second-order valence-corrected chi connectivity index (χ2v) is 6.25. The third kappa shape index (κ3) is 2.92. The van der Waals surface area contributed by atoms with Crippen LogP contribution >= 0.6 is 0 Å². The van der Waals surface area contributed by atoms with Crippen molar-refractivity contribution in [1.82, 2.24) is 9.88 Å². The van der Waals surface area contributed by atoms with E-state index in [-0.39, 0.29) is 0 Å². The molecule has 2 fully saturated rings. The predicted octanol–water partition coefficient (Wildman–Crippen LogP) is 3.28. The zero-order chi connectivity index (χ0) is 13.1. The van der Waals surface area contributed by atoms with Crippen LogP contribution in [0.25, 0.3) is 0 Å². The van der Waals surface area contributed by atoms with Crippen LogP contribution in [0, 0.1) is 5.41 Å². The van der Waals surface area contributed by atoms with Gasteiger partial charge in [-0.25, -0.2) is 4.98 Å².